The summed E-state index contributed by atoms with van der Waals surface area (Å²) >= 11 is 0. The van der Waals surface area contributed by atoms with E-state index in [0.29, 0.717) is 5.69 Å². The fourth-order valence-electron chi connectivity index (χ4n) is 1.43. The first-order chi connectivity index (χ1) is 6.86. The minimum Gasteiger partial charge on any atom is -0.363 e. The van der Waals surface area contributed by atoms with Crippen LogP contribution in [0.3, 0.4) is 0 Å². The number of carbonyl (C=O) groups is 1. The van der Waals surface area contributed by atoms with Gasteiger partial charge in [-0.25, -0.2) is 9.78 Å². The van der Waals surface area contributed by atoms with Crippen LogP contribution in [-0.4, -0.2) is 29.1 Å². The molecule has 1 fully saturated rings. The molecule has 0 bridgehead atoms. The third kappa shape index (κ3) is 2.09. The average molecular weight is 192 g/mol. The lowest BCUT2D eigenvalue weighted by atomic mass is 10.4. The predicted octanol–water partition coefficient (Wildman–Crippen LogP) is 1.25. The molecule has 1 aromatic rings. The zero-order chi connectivity index (χ0) is 9.80. The zero-order valence-corrected chi connectivity index (χ0v) is 7.85. The Morgan fingerprint density at radius 3 is 2.79 bits per heavy atom. The van der Waals surface area contributed by atoms with E-state index >= 15 is 0 Å². The first-order valence-electron chi connectivity index (χ1n) is 4.74. The van der Waals surface area contributed by atoms with Gasteiger partial charge in [-0.1, -0.05) is 6.07 Å². The maximum atomic E-state index is 11.5. The summed E-state index contributed by atoms with van der Waals surface area (Å²) in [6.45, 7) is 1.66. The van der Waals surface area contributed by atoms with E-state index in [1.165, 1.54) is 0 Å². The molecular weight excluding hydrogens is 180 g/mol. The fraction of sp³-hybridized carbons (Fsp3) is 0.400. The molecule has 0 radical (unpaired) electrons. The van der Waals surface area contributed by atoms with Crippen molar-refractivity contribution in [1.29, 1.82) is 0 Å². The molecule has 0 aliphatic carbocycles. The van der Waals surface area contributed by atoms with Crippen LogP contribution in [0.5, 0.6) is 0 Å². The van der Waals surface area contributed by atoms with Gasteiger partial charge in [0.25, 0.3) is 0 Å². The van der Waals surface area contributed by atoms with Crippen molar-refractivity contribution in [2.45, 2.75) is 12.8 Å². The van der Waals surface area contributed by atoms with E-state index in [-0.39, 0.29) is 5.97 Å². The summed E-state index contributed by atoms with van der Waals surface area (Å²) in [6, 6.07) is 5.19. The van der Waals surface area contributed by atoms with E-state index in [0.717, 1.165) is 25.9 Å². The summed E-state index contributed by atoms with van der Waals surface area (Å²) in [5, 5.41) is 1.69. The van der Waals surface area contributed by atoms with Crippen molar-refractivity contribution in [2.75, 3.05) is 13.1 Å². The molecule has 0 unspecified atom stereocenters. The normalized spacial score (nSPS) is 16.9. The summed E-state index contributed by atoms with van der Waals surface area (Å²) < 4.78 is 0. The molecule has 1 saturated heterocycles. The van der Waals surface area contributed by atoms with Crippen LogP contribution in [0.25, 0.3) is 0 Å². The number of hydroxylamine groups is 2. The molecule has 0 N–H and O–H groups in total. The minimum absolute atomic E-state index is 0.361. The molecule has 1 aliphatic heterocycles. The van der Waals surface area contributed by atoms with Gasteiger partial charge in [0, 0.05) is 19.3 Å². The quantitative estimate of drug-likeness (QED) is 0.707. The largest absolute Gasteiger partial charge is 0.375 e. The van der Waals surface area contributed by atoms with Gasteiger partial charge in [-0.3, -0.25) is 0 Å². The second-order valence-corrected chi connectivity index (χ2v) is 3.23. The summed E-state index contributed by atoms with van der Waals surface area (Å²) in [6.07, 6.45) is 3.77. The lowest BCUT2D eigenvalue weighted by Gasteiger charge is -2.13. The van der Waals surface area contributed by atoms with Gasteiger partial charge in [0.2, 0.25) is 0 Å². The fourth-order valence-corrected chi connectivity index (χ4v) is 1.43. The van der Waals surface area contributed by atoms with Gasteiger partial charge in [0.1, 0.15) is 5.69 Å². The number of aromatic nitrogens is 1. The van der Waals surface area contributed by atoms with Crippen LogP contribution in [0.4, 0.5) is 0 Å². The molecule has 0 atom stereocenters. The Morgan fingerprint density at radius 2 is 2.14 bits per heavy atom. The molecule has 0 aromatic carbocycles. The van der Waals surface area contributed by atoms with Crippen molar-refractivity contribution in [2.24, 2.45) is 0 Å². The molecule has 4 heteroatoms. The van der Waals surface area contributed by atoms with Crippen LogP contribution in [-0.2, 0) is 4.84 Å². The van der Waals surface area contributed by atoms with Crippen molar-refractivity contribution in [3.8, 4) is 0 Å². The standard InChI is InChI=1S/C10H12N2O2/c13-10(9-5-1-2-6-11-9)14-12-7-3-4-8-12/h1-2,5-6H,3-4,7-8H2. The van der Waals surface area contributed by atoms with Crippen LogP contribution in [0, 0.1) is 0 Å². The van der Waals surface area contributed by atoms with E-state index < -0.39 is 0 Å². The van der Waals surface area contributed by atoms with E-state index in [9.17, 15) is 4.79 Å². The molecule has 0 spiro atoms. The highest BCUT2D eigenvalue weighted by atomic mass is 16.7. The van der Waals surface area contributed by atoms with Crippen molar-refractivity contribution in [1.82, 2.24) is 10.0 Å². The molecule has 1 aliphatic rings. The van der Waals surface area contributed by atoms with Gasteiger partial charge in [-0.2, -0.15) is 0 Å². The van der Waals surface area contributed by atoms with Crippen LogP contribution >= 0.6 is 0 Å². The van der Waals surface area contributed by atoms with Crippen LogP contribution in [0.1, 0.15) is 23.3 Å². The van der Waals surface area contributed by atoms with E-state index in [1.807, 2.05) is 0 Å². The maximum Gasteiger partial charge on any atom is 0.375 e. The molecular formula is C10H12N2O2. The average Bonchev–Trinajstić information content (AvgIpc) is 2.72. The predicted molar refractivity (Wildman–Crippen MR) is 50.5 cm³/mol. The SMILES string of the molecule is O=C(ON1CCCC1)c1ccccn1. The molecule has 0 amide bonds. The van der Waals surface area contributed by atoms with Crippen molar-refractivity contribution >= 4 is 5.97 Å². The molecule has 14 heavy (non-hydrogen) atoms. The van der Waals surface area contributed by atoms with Gasteiger partial charge in [0.05, 0.1) is 0 Å². The monoisotopic (exact) mass is 192 g/mol. The van der Waals surface area contributed by atoms with Crippen LogP contribution < -0.4 is 0 Å². The van der Waals surface area contributed by atoms with Crippen LogP contribution in [0.15, 0.2) is 24.4 Å². The number of carbonyl (C=O) groups excluding carboxylic acids is 1. The summed E-state index contributed by atoms with van der Waals surface area (Å²) in [7, 11) is 0. The number of nitrogens with zero attached hydrogens (tertiary/aromatic N) is 2. The highest BCUT2D eigenvalue weighted by Crippen LogP contribution is 2.09. The van der Waals surface area contributed by atoms with Crippen LogP contribution in [0.2, 0.25) is 0 Å². The Hall–Kier alpha value is -1.42. The van der Waals surface area contributed by atoms with Gasteiger partial charge in [0.15, 0.2) is 0 Å². The number of hydrogen-bond donors (Lipinski definition) is 0. The van der Waals surface area contributed by atoms with Crippen molar-refractivity contribution in [3.63, 3.8) is 0 Å². The summed E-state index contributed by atoms with van der Waals surface area (Å²) in [5.74, 6) is -0.368. The second kappa shape index (κ2) is 4.19. The number of pyridine rings is 1. The van der Waals surface area contributed by atoms with E-state index in [2.05, 4.69) is 4.98 Å². The summed E-state index contributed by atoms with van der Waals surface area (Å²) in [4.78, 5) is 20.5. The molecule has 4 nitrogen and oxygen atoms in total. The lowest BCUT2D eigenvalue weighted by Crippen LogP contribution is -2.24. The third-order valence-corrected chi connectivity index (χ3v) is 2.15. The number of hydrogen-bond acceptors (Lipinski definition) is 4. The Kier molecular flexibility index (Phi) is 2.74. The Labute approximate surface area is 82.5 Å². The second-order valence-electron chi connectivity index (χ2n) is 3.23. The van der Waals surface area contributed by atoms with E-state index in [1.54, 1.807) is 29.5 Å². The maximum absolute atomic E-state index is 11.5. The van der Waals surface area contributed by atoms with Gasteiger partial charge < -0.3 is 4.84 Å². The topological polar surface area (TPSA) is 42.4 Å². The molecule has 74 valence electrons. The highest BCUT2D eigenvalue weighted by Gasteiger charge is 2.17. The lowest BCUT2D eigenvalue weighted by molar-refractivity contribution is -0.0932. The minimum atomic E-state index is -0.368. The van der Waals surface area contributed by atoms with Crippen molar-refractivity contribution < 1.29 is 9.63 Å². The molecule has 0 saturated carbocycles. The number of rotatable bonds is 2. The van der Waals surface area contributed by atoms with Crippen molar-refractivity contribution in [3.05, 3.63) is 30.1 Å². The molecule has 1 aromatic heterocycles. The summed E-state index contributed by atoms with van der Waals surface area (Å²) in [5.41, 5.74) is 0.361. The smallest absolute Gasteiger partial charge is 0.363 e. The first kappa shape index (κ1) is 9.15. The molecule has 2 heterocycles. The van der Waals surface area contributed by atoms with Gasteiger partial charge >= 0.3 is 5.97 Å². The first-order valence-corrected chi connectivity index (χ1v) is 4.74. The third-order valence-electron chi connectivity index (χ3n) is 2.15. The van der Waals surface area contributed by atoms with Gasteiger partial charge in [-0.15, -0.1) is 5.06 Å². The molecule has 2 rings (SSSR count). The van der Waals surface area contributed by atoms with E-state index in [4.69, 9.17) is 4.84 Å². The highest BCUT2D eigenvalue weighted by molar-refractivity contribution is 5.86. The Balaban J connectivity index is 1.95. The van der Waals surface area contributed by atoms with Gasteiger partial charge in [-0.05, 0) is 25.0 Å². The Bertz CT molecular complexity index is 307. The zero-order valence-electron chi connectivity index (χ0n) is 7.85. The Morgan fingerprint density at radius 1 is 1.36 bits per heavy atom.